The lowest BCUT2D eigenvalue weighted by Gasteiger charge is -2.20. The maximum atomic E-state index is 8.30. The normalized spacial score (nSPS) is 10.9. The predicted molar refractivity (Wildman–Crippen MR) is 118 cm³/mol. The summed E-state index contributed by atoms with van der Waals surface area (Å²) in [6.45, 7) is 10.5. The van der Waals surface area contributed by atoms with E-state index >= 15 is 0 Å². The van der Waals surface area contributed by atoms with E-state index in [9.17, 15) is 0 Å². The molecule has 3 N–H and O–H groups in total. The Hall–Kier alpha value is -3.42. The predicted octanol–water partition coefficient (Wildman–Crippen LogP) is 4.66. The van der Waals surface area contributed by atoms with Crippen molar-refractivity contribution in [2.45, 2.75) is 47.2 Å². The highest BCUT2D eigenvalue weighted by Crippen LogP contribution is 2.34. The number of aryl methyl sites for hydroxylation is 1. The summed E-state index contributed by atoms with van der Waals surface area (Å²) in [6.07, 6.45) is 3.38. The van der Waals surface area contributed by atoms with Crippen LogP contribution in [0, 0.1) is 12.3 Å². The molecule has 0 spiro atoms. The highest BCUT2D eigenvalue weighted by Gasteiger charge is 2.19. The van der Waals surface area contributed by atoms with Crippen molar-refractivity contribution in [3.8, 4) is 17.1 Å². The number of pyridine rings is 2. The molecule has 158 valence electrons. The molecule has 0 aliphatic rings. The van der Waals surface area contributed by atoms with Crippen LogP contribution in [-0.2, 0) is 6.54 Å². The van der Waals surface area contributed by atoms with E-state index in [-0.39, 0.29) is 6.04 Å². The summed E-state index contributed by atoms with van der Waals surface area (Å²) >= 11 is 0. The lowest BCUT2D eigenvalue weighted by Crippen LogP contribution is -2.17. The van der Waals surface area contributed by atoms with E-state index in [4.69, 9.17) is 19.5 Å². The van der Waals surface area contributed by atoms with Gasteiger partial charge >= 0.3 is 0 Å². The monoisotopic (exact) mass is 408 g/mol. The SMILES string of the molecule is CCOc1ncccc1-c1cc(NCc2ncc(C)o2)c(NC(C)C)c(C(C)=N)n1. The number of rotatable bonds is 9. The van der Waals surface area contributed by atoms with Gasteiger partial charge in [0.05, 0.1) is 47.7 Å². The Morgan fingerprint density at radius 1 is 1.30 bits per heavy atom. The Kier molecular flexibility index (Phi) is 6.66. The highest BCUT2D eigenvalue weighted by atomic mass is 16.5. The van der Waals surface area contributed by atoms with Crippen LogP contribution in [-0.4, -0.2) is 33.3 Å². The fourth-order valence-electron chi connectivity index (χ4n) is 3.02. The molecule has 0 aromatic carbocycles. The summed E-state index contributed by atoms with van der Waals surface area (Å²) in [4.78, 5) is 13.4. The molecule has 3 heterocycles. The van der Waals surface area contributed by atoms with Gasteiger partial charge in [0.25, 0.3) is 0 Å². The first kappa shape index (κ1) is 21.3. The van der Waals surface area contributed by atoms with E-state index in [1.54, 1.807) is 19.3 Å². The van der Waals surface area contributed by atoms with Gasteiger partial charge in [0, 0.05) is 12.2 Å². The van der Waals surface area contributed by atoms with Gasteiger partial charge < -0.3 is 25.2 Å². The minimum absolute atomic E-state index is 0.164. The van der Waals surface area contributed by atoms with E-state index in [1.165, 1.54) is 0 Å². The Morgan fingerprint density at radius 2 is 2.10 bits per heavy atom. The van der Waals surface area contributed by atoms with Crippen molar-refractivity contribution < 1.29 is 9.15 Å². The number of nitrogens with one attached hydrogen (secondary N) is 3. The molecule has 0 fully saturated rings. The van der Waals surface area contributed by atoms with E-state index < -0.39 is 0 Å². The van der Waals surface area contributed by atoms with Gasteiger partial charge in [0.1, 0.15) is 11.5 Å². The van der Waals surface area contributed by atoms with Crippen LogP contribution in [0.1, 0.15) is 45.0 Å². The topological polar surface area (TPSA) is 109 Å². The van der Waals surface area contributed by atoms with Gasteiger partial charge in [-0.15, -0.1) is 0 Å². The maximum absolute atomic E-state index is 8.30. The number of anilines is 2. The molecule has 3 aromatic rings. The van der Waals surface area contributed by atoms with E-state index in [0.717, 1.165) is 22.7 Å². The summed E-state index contributed by atoms with van der Waals surface area (Å²) in [5.41, 5.74) is 3.95. The van der Waals surface area contributed by atoms with Crippen LogP contribution >= 0.6 is 0 Å². The van der Waals surface area contributed by atoms with Gasteiger partial charge in [-0.25, -0.2) is 15.0 Å². The van der Waals surface area contributed by atoms with Gasteiger partial charge in [-0.05, 0) is 52.8 Å². The molecule has 0 atom stereocenters. The van der Waals surface area contributed by atoms with E-state index in [0.29, 0.717) is 42.0 Å². The number of hydrogen-bond donors (Lipinski definition) is 3. The van der Waals surface area contributed by atoms with Crippen molar-refractivity contribution >= 4 is 17.1 Å². The zero-order valence-electron chi connectivity index (χ0n) is 18.0. The van der Waals surface area contributed by atoms with E-state index in [1.807, 2.05) is 45.9 Å². The molecule has 3 rings (SSSR count). The minimum Gasteiger partial charge on any atom is -0.477 e. The molecule has 0 aliphatic heterocycles. The Labute approximate surface area is 176 Å². The second-order valence-corrected chi connectivity index (χ2v) is 7.21. The lowest BCUT2D eigenvalue weighted by molar-refractivity contribution is 0.328. The minimum atomic E-state index is 0.164. The highest BCUT2D eigenvalue weighted by molar-refractivity contribution is 6.03. The smallest absolute Gasteiger partial charge is 0.222 e. The first-order valence-electron chi connectivity index (χ1n) is 9.99. The summed E-state index contributed by atoms with van der Waals surface area (Å²) < 4.78 is 11.3. The largest absolute Gasteiger partial charge is 0.477 e. The molecule has 0 saturated carbocycles. The van der Waals surface area contributed by atoms with Crippen molar-refractivity contribution in [2.75, 3.05) is 17.2 Å². The second kappa shape index (κ2) is 9.39. The fraction of sp³-hybridized carbons (Fsp3) is 0.364. The molecular formula is C22H28N6O2. The zero-order valence-corrected chi connectivity index (χ0v) is 18.0. The third-order valence-corrected chi connectivity index (χ3v) is 4.24. The van der Waals surface area contributed by atoms with Gasteiger partial charge in [0.2, 0.25) is 11.8 Å². The Balaban J connectivity index is 2.10. The third kappa shape index (κ3) is 4.94. The molecule has 0 saturated heterocycles. The van der Waals surface area contributed by atoms with Crippen LogP contribution < -0.4 is 15.4 Å². The van der Waals surface area contributed by atoms with E-state index in [2.05, 4.69) is 20.6 Å². The van der Waals surface area contributed by atoms with Crippen LogP contribution in [0.5, 0.6) is 5.88 Å². The van der Waals surface area contributed by atoms with Crippen LogP contribution in [0.3, 0.4) is 0 Å². The maximum Gasteiger partial charge on any atom is 0.222 e. The van der Waals surface area contributed by atoms with Crippen LogP contribution in [0.15, 0.2) is 35.0 Å². The van der Waals surface area contributed by atoms with Crippen molar-refractivity contribution in [3.05, 3.63) is 47.9 Å². The molecule has 8 nitrogen and oxygen atoms in total. The molecule has 0 unspecified atom stereocenters. The number of hydrogen-bond acceptors (Lipinski definition) is 8. The van der Waals surface area contributed by atoms with Crippen LogP contribution in [0.2, 0.25) is 0 Å². The Morgan fingerprint density at radius 3 is 2.73 bits per heavy atom. The first-order valence-corrected chi connectivity index (χ1v) is 9.99. The van der Waals surface area contributed by atoms with Gasteiger partial charge in [-0.1, -0.05) is 0 Å². The lowest BCUT2D eigenvalue weighted by atomic mass is 10.1. The second-order valence-electron chi connectivity index (χ2n) is 7.21. The number of nitrogens with zero attached hydrogens (tertiary/aromatic N) is 3. The van der Waals surface area contributed by atoms with Gasteiger partial charge in [-0.3, -0.25) is 0 Å². The average Bonchev–Trinajstić information content (AvgIpc) is 3.12. The Bertz CT molecular complexity index is 1030. The van der Waals surface area contributed by atoms with Crippen molar-refractivity contribution in [2.24, 2.45) is 0 Å². The molecule has 30 heavy (non-hydrogen) atoms. The van der Waals surface area contributed by atoms with Crippen molar-refractivity contribution in [1.82, 2.24) is 15.0 Å². The molecule has 0 amide bonds. The average molecular weight is 409 g/mol. The zero-order chi connectivity index (χ0) is 21.7. The standard InChI is InChI=1S/C22H28N6O2/c1-6-29-22-16(8-7-9-24-22)17-10-18(25-12-19-26-11-14(4)30-19)21(27-13(2)3)20(28-17)15(5)23/h7-11,13,23,27H,6,12H2,1-5H3,(H,25,28). The van der Waals surface area contributed by atoms with Gasteiger partial charge in [-0.2, -0.15) is 0 Å². The summed E-state index contributed by atoms with van der Waals surface area (Å²) in [5, 5.41) is 15.1. The summed E-state index contributed by atoms with van der Waals surface area (Å²) in [7, 11) is 0. The van der Waals surface area contributed by atoms with Crippen LogP contribution in [0.25, 0.3) is 11.3 Å². The molecule has 3 aromatic heterocycles. The van der Waals surface area contributed by atoms with Crippen molar-refractivity contribution in [1.29, 1.82) is 5.41 Å². The number of oxazole rings is 1. The molecule has 0 aliphatic carbocycles. The number of ether oxygens (including phenoxy) is 1. The quantitative estimate of drug-likeness (QED) is 0.442. The molecule has 8 heteroatoms. The van der Waals surface area contributed by atoms with Gasteiger partial charge in [0.15, 0.2) is 0 Å². The van der Waals surface area contributed by atoms with Crippen LogP contribution in [0.4, 0.5) is 11.4 Å². The molecule has 0 bridgehead atoms. The number of aromatic nitrogens is 3. The molecule has 0 radical (unpaired) electrons. The fourth-order valence-corrected chi connectivity index (χ4v) is 3.02. The molecular weight excluding hydrogens is 380 g/mol. The third-order valence-electron chi connectivity index (χ3n) is 4.24. The summed E-state index contributed by atoms with van der Waals surface area (Å²) in [5.74, 6) is 1.86. The van der Waals surface area contributed by atoms with Crippen molar-refractivity contribution in [3.63, 3.8) is 0 Å². The summed E-state index contributed by atoms with van der Waals surface area (Å²) in [6, 6.07) is 5.86. The first-order chi connectivity index (χ1) is 14.4.